The predicted octanol–water partition coefficient (Wildman–Crippen LogP) is 0.790. The summed E-state index contributed by atoms with van der Waals surface area (Å²) in [6.07, 6.45) is 1.10. The maximum atomic E-state index is 12.8. The third-order valence-corrected chi connectivity index (χ3v) is 5.10. The number of fused-ring (bicyclic) bond motifs is 2. The molecule has 2 bridgehead atoms. The van der Waals surface area contributed by atoms with Gasteiger partial charge in [-0.1, -0.05) is 6.07 Å². The van der Waals surface area contributed by atoms with Crippen molar-refractivity contribution in [3.8, 4) is 5.75 Å². The molecule has 1 aromatic carbocycles. The molecule has 1 aromatic rings. The fourth-order valence-electron chi connectivity index (χ4n) is 3.62. The Labute approximate surface area is 138 Å². The molecule has 6 heteroatoms. The van der Waals surface area contributed by atoms with Gasteiger partial charge in [0.15, 0.2) is 0 Å². The van der Waals surface area contributed by atoms with E-state index in [9.17, 15) is 4.79 Å². The Morgan fingerprint density at radius 1 is 1.39 bits per heavy atom. The van der Waals surface area contributed by atoms with E-state index in [-0.39, 0.29) is 5.91 Å². The summed E-state index contributed by atoms with van der Waals surface area (Å²) >= 11 is 0. The van der Waals surface area contributed by atoms with Crippen LogP contribution in [0, 0.1) is 0 Å². The Bertz CT molecular complexity index is 590. The second-order valence-electron chi connectivity index (χ2n) is 6.55. The second-order valence-corrected chi connectivity index (χ2v) is 6.55. The number of carbonyl (C=O) groups excluding carboxylic acids is 1. The van der Waals surface area contributed by atoms with E-state index in [1.807, 2.05) is 42.2 Å². The minimum Gasteiger partial charge on any atom is -0.496 e. The minimum absolute atomic E-state index is 0.123. The van der Waals surface area contributed by atoms with Gasteiger partial charge in [-0.15, -0.1) is 0 Å². The van der Waals surface area contributed by atoms with Crippen LogP contribution in [0.4, 0.5) is 0 Å². The highest BCUT2D eigenvalue weighted by Crippen LogP contribution is 2.31. The van der Waals surface area contributed by atoms with Crippen molar-refractivity contribution in [2.75, 3.05) is 41.3 Å². The molecule has 6 nitrogen and oxygen atoms in total. The third kappa shape index (κ3) is 3.06. The van der Waals surface area contributed by atoms with Gasteiger partial charge in [-0.2, -0.15) is 0 Å². The van der Waals surface area contributed by atoms with E-state index in [0.29, 0.717) is 24.2 Å². The molecule has 1 amide bonds. The monoisotopic (exact) mass is 318 g/mol. The number of piperazine rings is 1. The third-order valence-electron chi connectivity index (χ3n) is 5.10. The molecular weight excluding hydrogens is 292 g/mol. The quantitative estimate of drug-likeness (QED) is 0.814. The predicted molar refractivity (Wildman–Crippen MR) is 89.4 cm³/mol. The van der Waals surface area contributed by atoms with Crippen molar-refractivity contribution in [1.29, 1.82) is 0 Å². The second kappa shape index (κ2) is 6.47. The number of likely N-dealkylation sites (N-methyl/N-ethyl adjacent to an activating group) is 1. The Balaban J connectivity index is 1.77. The molecule has 2 saturated heterocycles. The number of hydrazine groups is 1. The van der Waals surface area contributed by atoms with Crippen molar-refractivity contribution < 1.29 is 9.53 Å². The van der Waals surface area contributed by atoms with Gasteiger partial charge >= 0.3 is 0 Å². The molecule has 0 aliphatic carbocycles. The molecule has 0 saturated carbocycles. The highest BCUT2D eigenvalue weighted by atomic mass is 16.5. The average molecular weight is 318 g/mol. The molecule has 2 aliphatic rings. The van der Waals surface area contributed by atoms with Gasteiger partial charge in [-0.3, -0.25) is 15.1 Å². The van der Waals surface area contributed by atoms with E-state index in [0.717, 1.165) is 30.8 Å². The van der Waals surface area contributed by atoms with Gasteiger partial charge in [0.05, 0.1) is 7.11 Å². The van der Waals surface area contributed by atoms with Gasteiger partial charge in [0.2, 0.25) is 0 Å². The standard InChI is InChI=1S/C17H26N4O2/c1-18-20(3)9-13-6-5-12(7-16(13)23-4)17(22)21-11-14-8-15(21)10-19(14)2/h5-7,14-15,18H,8-11H2,1-4H3/t14-,15-/m1/s1. The molecular formula is C17H26N4O2. The molecule has 2 fully saturated rings. The maximum Gasteiger partial charge on any atom is 0.254 e. The summed E-state index contributed by atoms with van der Waals surface area (Å²) in [7, 11) is 7.64. The zero-order chi connectivity index (χ0) is 16.6. The summed E-state index contributed by atoms with van der Waals surface area (Å²) in [5.74, 6) is 0.886. The number of carbonyl (C=O) groups is 1. The van der Waals surface area contributed by atoms with Gasteiger partial charge in [-0.25, -0.2) is 5.01 Å². The molecule has 0 radical (unpaired) electrons. The molecule has 0 spiro atoms. The molecule has 126 valence electrons. The van der Waals surface area contributed by atoms with E-state index >= 15 is 0 Å². The number of nitrogens with zero attached hydrogens (tertiary/aromatic N) is 3. The summed E-state index contributed by atoms with van der Waals surface area (Å²) in [4.78, 5) is 17.2. The smallest absolute Gasteiger partial charge is 0.254 e. The van der Waals surface area contributed by atoms with Gasteiger partial charge in [0, 0.05) is 49.9 Å². The number of benzene rings is 1. The van der Waals surface area contributed by atoms with Crippen molar-refractivity contribution in [1.82, 2.24) is 20.2 Å². The van der Waals surface area contributed by atoms with Crippen LogP contribution in [0.25, 0.3) is 0 Å². The van der Waals surface area contributed by atoms with Crippen LogP contribution in [0.15, 0.2) is 18.2 Å². The average Bonchev–Trinajstić information content (AvgIpc) is 3.13. The topological polar surface area (TPSA) is 48.1 Å². The summed E-state index contributed by atoms with van der Waals surface area (Å²) in [5, 5.41) is 1.97. The van der Waals surface area contributed by atoms with E-state index < -0.39 is 0 Å². The van der Waals surface area contributed by atoms with Crippen LogP contribution in [0.1, 0.15) is 22.3 Å². The number of nitrogens with one attached hydrogen (secondary N) is 1. The normalized spacial score (nSPS) is 23.8. The van der Waals surface area contributed by atoms with Crippen molar-refractivity contribution >= 4 is 5.91 Å². The molecule has 2 heterocycles. The van der Waals surface area contributed by atoms with Crippen LogP contribution in [0.5, 0.6) is 5.75 Å². The maximum absolute atomic E-state index is 12.8. The van der Waals surface area contributed by atoms with Gasteiger partial charge < -0.3 is 9.64 Å². The summed E-state index contributed by atoms with van der Waals surface area (Å²) in [6, 6.07) is 6.66. The Morgan fingerprint density at radius 2 is 2.17 bits per heavy atom. The zero-order valence-corrected chi connectivity index (χ0v) is 14.4. The highest BCUT2D eigenvalue weighted by Gasteiger charge is 2.43. The molecule has 23 heavy (non-hydrogen) atoms. The first-order valence-electron chi connectivity index (χ1n) is 8.10. The lowest BCUT2D eigenvalue weighted by Crippen LogP contribution is -2.47. The van der Waals surface area contributed by atoms with Gasteiger partial charge in [-0.05, 0) is 32.6 Å². The van der Waals surface area contributed by atoms with Crippen LogP contribution < -0.4 is 10.2 Å². The largest absolute Gasteiger partial charge is 0.496 e. The number of ether oxygens (including phenoxy) is 1. The number of likely N-dealkylation sites (tertiary alicyclic amines) is 2. The van der Waals surface area contributed by atoms with Crippen LogP contribution in [-0.4, -0.2) is 74.1 Å². The van der Waals surface area contributed by atoms with Crippen LogP contribution in [0.2, 0.25) is 0 Å². The fraction of sp³-hybridized carbons (Fsp3) is 0.588. The van der Waals surface area contributed by atoms with E-state index in [1.165, 1.54) is 0 Å². The molecule has 0 unspecified atom stereocenters. The molecule has 3 rings (SSSR count). The van der Waals surface area contributed by atoms with Crippen molar-refractivity contribution in [2.45, 2.75) is 25.0 Å². The Morgan fingerprint density at radius 3 is 2.74 bits per heavy atom. The highest BCUT2D eigenvalue weighted by molar-refractivity contribution is 5.95. The summed E-state index contributed by atoms with van der Waals surface area (Å²) in [5.41, 5.74) is 4.84. The number of hydrogen-bond donors (Lipinski definition) is 1. The lowest BCUT2D eigenvalue weighted by atomic mass is 10.1. The lowest BCUT2D eigenvalue weighted by molar-refractivity contribution is 0.0650. The van der Waals surface area contributed by atoms with E-state index in [1.54, 1.807) is 7.11 Å². The minimum atomic E-state index is 0.123. The van der Waals surface area contributed by atoms with Crippen LogP contribution in [-0.2, 0) is 6.54 Å². The SMILES string of the molecule is CNN(C)Cc1ccc(C(=O)N2C[C@H]3C[C@@H]2CN3C)cc1OC. The Hall–Kier alpha value is -1.63. The van der Waals surface area contributed by atoms with E-state index in [2.05, 4.69) is 17.4 Å². The first-order valence-corrected chi connectivity index (χ1v) is 8.10. The summed E-state index contributed by atoms with van der Waals surface area (Å²) < 4.78 is 5.49. The number of hydrogen-bond acceptors (Lipinski definition) is 5. The zero-order valence-electron chi connectivity index (χ0n) is 14.4. The number of amides is 1. The van der Waals surface area contributed by atoms with Crippen molar-refractivity contribution in [2.24, 2.45) is 0 Å². The van der Waals surface area contributed by atoms with Crippen molar-refractivity contribution in [3.63, 3.8) is 0 Å². The van der Waals surface area contributed by atoms with Gasteiger partial charge in [0.1, 0.15) is 5.75 Å². The fourth-order valence-corrected chi connectivity index (χ4v) is 3.62. The number of methoxy groups -OCH3 is 1. The lowest BCUT2D eigenvalue weighted by Gasteiger charge is -2.32. The van der Waals surface area contributed by atoms with Gasteiger partial charge in [0.25, 0.3) is 5.91 Å². The first kappa shape index (κ1) is 16.2. The molecule has 1 N–H and O–H groups in total. The molecule has 2 atom stereocenters. The molecule has 0 aromatic heterocycles. The molecule has 2 aliphatic heterocycles. The summed E-state index contributed by atoms with van der Waals surface area (Å²) in [6.45, 7) is 2.54. The van der Waals surface area contributed by atoms with Crippen LogP contribution >= 0.6 is 0 Å². The van der Waals surface area contributed by atoms with Crippen LogP contribution in [0.3, 0.4) is 0 Å². The number of rotatable bonds is 5. The Kier molecular flexibility index (Phi) is 4.57. The van der Waals surface area contributed by atoms with E-state index in [4.69, 9.17) is 4.74 Å². The first-order chi connectivity index (χ1) is 11.0. The van der Waals surface area contributed by atoms with Crippen molar-refractivity contribution in [3.05, 3.63) is 29.3 Å².